The van der Waals surface area contributed by atoms with E-state index in [9.17, 15) is 9.59 Å². The van der Waals surface area contributed by atoms with Crippen LogP contribution < -0.4 is 10.6 Å². The van der Waals surface area contributed by atoms with Gasteiger partial charge in [0.1, 0.15) is 17.4 Å². The maximum atomic E-state index is 12.0. The zero-order valence-corrected chi connectivity index (χ0v) is 12.9. The highest BCUT2D eigenvalue weighted by molar-refractivity contribution is 5.97. The molecule has 0 saturated heterocycles. The molecule has 0 aliphatic carbocycles. The molecule has 0 radical (unpaired) electrons. The van der Waals surface area contributed by atoms with Gasteiger partial charge in [0, 0.05) is 11.9 Å². The van der Waals surface area contributed by atoms with Crippen LogP contribution in [0.4, 0.5) is 5.69 Å². The summed E-state index contributed by atoms with van der Waals surface area (Å²) >= 11 is 0. The van der Waals surface area contributed by atoms with E-state index in [1.165, 1.54) is 19.6 Å². The molecule has 1 amide bonds. The maximum Gasteiger partial charge on any atom is 0.337 e. The van der Waals surface area contributed by atoms with Gasteiger partial charge in [-0.25, -0.2) is 4.79 Å². The quantitative estimate of drug-likeness (QED) is 0.479. The number of rotatable bonds is 6. The number of benzene rings is 1. The molecule has 2 aromatic rings. The number of carbonyl (C=O) groups is 2. The molecular formula is C17H15N3O4. The van der Waals surface area contributed by atoms with Crippen LogP contribution in [0.1, 0.15) is 16.1 Å². The van der Waals surface area contributed by atoms with Crippen LogP contribution in [0.5, 0.6) is 0 Å². The number of hydrogen-bond acceptors (Lipinski definition) is 6. The molecule has 7 nitrogen and oxygen atoms in total. The molecule has 0 aliphatic rings. The van der Waals surface area contributed by atoms with Crippen molar-refractivity contribution in [2.75, 3.05) is 12.4 Å². The van der Waals surface area contributed by atoms with E-state index < -0.39 is 11.9 Å². The summed E-state index contributed by atoms with van der Waals surface area (Å²) in [5.74, 6) is -0.427. The molecule has 0 spiro atoms. The molecule has 24 heavy (non-hydrogen) atoms. The molecule has 122 valence electrons. The second-order valence-electron chi connectivity index (χ2n) is 4.65. The predicted molar refractivity (Wildman–Crippen MR) is 85.7 cm³/mol. The van der Waals surface area contributed by atoms with E-state index >= 15 is 0 Å². The van der Waals surface area contributed by atoms with E-state index in [1.807, 2.05) is 6.07 Å². The summed E-state index contributed by atoms with van der Waals surface area (Å²) in [6.45, 7) is 0.183. The summed E-state index contributed by atoms with van der Waals surface area (Å²) in [7, 11) is 1.29. The third-order valence-corrected chi connectivity index (χ3v) is 3.04. The Labute approximate surface area is 138 Å². The number of methoxy groups -OCH3 is 1. The summed E-state index contributed by atoms with van der Waals surface area (Å²) in [6, 6.07) is 11.7. The first-order valence-electron chi connectivity index (χ1n) is 7.00. The van der Waals surface area contributed by atoms with Crippen molar-refractivity contribution in [2.24, 2.45) is 0 Å². The molecule has 0 aliphatic heterocycles. The highest BCUT2D eigenvalue weighted by Crippen LogP contribution is 2.12. The molecule has 7 heteroatoms. The minimum atomic E-state index is -0.537. The van der Waals surface area contributed by atoms with E-state index in [-0.39, 0.29) is 12.1 Å². The summed E-state index contributed by atoms with van der Waals surface area (Å²) in [6.07, 6.45) is 2.77. The standard InChI is InChI=1S/C17H15N3O4/c1-23-17(22)12-4-2-5-14(8-12)19-10-13(9-18)16(21)20-11-15-6-3-7-24-15/h2-8,10,19H,11H2,1H3,(H,20,21)/b13-10-. The average molecular weight is 325 g/mol. The van der Waals surface area contributed by atoms with Gasteiger partial charge in [-0.05, 0) is 30.3 Å². The smallest absolute Gasteiger partial charge is 0.337 e. The first kappa shape index (κ1) is 16.8. The zero-order valence-electron chi connectivity index (χ0n) is 12.9. The van der Waals surface area contributed by atoms with Crippen LogP contribution in [0, 0.1) is 11.3 Å². The van der Waals surface area contributed by atoms with E-state index in [4.69, 9.17) is 9.68 Å². The van der Waals surface area contributed by atoms with Gasteiger partial charge in [-0.1, -0.05) is 6.07 Å². The SMILES string of the molecule is COC(=O)c1cccc(N/C=C(/C#N)C(=O)NCc2ccco2)c1. The van der Waals surface area contributed by atoms with Crippen LogP contribution in [0.15, 0.2) is 58.9 Å². The maximum absolute atomic E-state index is 12.0. The van der Waals surface area contributed by atoms with Crippen molar-refractivity contribution in [2.45, 2.75) is 6.54 Å². The van der Waals surface area contributed by atoms with E-state index in [1.54, 1.807) is 36.4 Å². The molecule has 0 saturated carbocycles. The van der Waals surface area contributed by atoms with Gasteiger partial charge < -0.3 is 19.8 Å². The Balaban J connectivity index is 2.01. The van der Waals surface area contributed by atoms with Gasteiger partial charge >= 0.3 is 5.97 Å². The van der Waals surface area contributed by atoms with Gasteiger partial charge in [0.15, 0.2) is 0 Å². The highest BCUT2D eigenvalue weighted by atomic mass is 16.5. The van der Waals surface area contributed by atoms with Gasteiger partial charge in [-0.3, -0.25) is 4.79 Å². The number of anilines is 1. The molecule has 0 bridgehead atoms. The van der Waals surface area contributed by atoms with Crippen LogP contribution in [-0.4, -0.2) is 19.0 Å². The lowest BCUT2D eigenvalue weighted by atomic mass is 10.2. The third kappa shape index (κ3) is 4.48. The lowest BCUT2D eigenvalue weighted by Gasteiger charge is -2.05. The lowest BCUT2D eigenvalue weighted by molar-refractivity contribution is -0.117. The summed E-state index contributed by atoms with van der Waals surface area (Å²) in [5.41, 5.74) is 0.797. The largest absolute Gasteiger partial charge is 0.467 e. The van der Waals surface area contributed by atoms with Gasteiger partial charge in [-0.2, -0.15) is 5.26 Å². The minimum absolute atomic E-state index is 0.106. The number of carbonyl (C=O) groups excluding carboxylic acids is 2. The topological polar surface area (TPSA) is 104 Å². The molecule has 1 heterocycles. The van der Waals surface area contributed by atoms with Crippen molar-refractivity contribution < 1.29 is 18.7 Å². The molecule has 1 aromatic carbocycles. The molecule has 1 aromatic heterocycles. The average Bonchev–Trinajstić information content (AvgIpc) is 3.13. The number of furan rings is 1. The van der Waals surface area contributed by atoms with Crippen molar-refractivity contribution in [3.63, 3.8) is 0 Å². The monoisotopic (exact) mass is 325 g/mol. The van der Waals surface area contributed by atoms with Gasteiger partial charge in [0.05, 0.1) is 25.5 Å². The Kier molecular flexibility index (Phi) is 5.75. The van der Waals surface area contributed by atoms with Crippen molar-refractivity contribution >= 4 is 17.6 Å². The zero-order chi connectivity index (χ0) is 17.4. The molecule has 2 N–H and O–H groups in total. The van der Waals surface area contributed by atoms with E-state index in [0.717, 1.165) is 0 Å². The van der Waals surface area contributed by atoms with Crippen molar-refractivity contribution in [1.82, 2.24) is 5.32 Å². The van der Waals surface area contributed by atoms with Crippen LogP contribution in [-0.2, 0) is 16.1 Å². The first-order valence-corrected chi connectivity index (χ1v) is 7.00. The number of nitriles is 1. The van der Waals surface area contributed by atoms with Crippen molar-refractivity contribution in [3.8, 4) is 6.07 Å². The number of nitrogens with zero attached hydrogens (tertiary/aromatic N) is 1. The van der Waals surface area contributed by atoms with Crippen molar-refractivity contribution in [1.29, 1.82) is 5.26 Å². The number of amides is 1. The van der Waals surface area contributed by atoms with Crippen LogP contribution in [0.25, 0.3) is 0 Å². The predicted octanol–water partition coefficient (Wildman–Crippen LogP) is 2.20. The summed E-state index contributed by atoms with van der Waals surface area (Å²) < 4.78 is 9.73. The number of nitrogens with one attached hydrogen (secondary N) is 2. The molecule has 0 fully saturated rings. The van der Waals surface area contributed by atoms with Crippen molar-refractivity contribution in [3.05, 3.63) is 65.8 Å². The minimum Gasteiger partial charge on any atom is -0.467 e. The van der Waals surface area contributed by atoms with E-state index in [2.05, 4.69) is 15.4 Å². The van der Waals surface area contributed by atoms with Crippen LogP contribution >= 0.6 is 0 Å². The molecular weight excluding hydrogens is 310 g/mol. The lowest BCUT2D eigenvalue weighted by Crippen LogP contribution is -2.24. The highest BCUT2D eigenvalue weighted by Gasteiger charge is 2.10. The Bertz CT molecular complexity index is 788. The van der Waals surface area contributed by atoms with E-state index in [0.29, 0.717) is 17.0 Å². The number of ether oxygens (including phenoxy) is 1. The second kappa shape index (κ2) is 8.19. The fraction of sp³-hybridized carbons (Fsp3) is 0.118. The van der Waals surface area contributed by atoms with Gasteiger partial charge in [0.25, 0.3) is 5.91 Å². The molecule has 0 atom stereocenters. The summed E-state index contributed by atoms with van der Waals surface area (Å²) in [4.78, 5) is 23.4. The Morgan fingerprint density at radius 1 is 1.33 bits per heavy atom. The molecule has 0 unspecified atom stereocenters. The second-order valence-corrected chi connectivity index (χ2v) is 4.65. The number of esters is 1. The fourth-order valence-electron chi connectivity index (χ4n) is 1.83. The van der Waals surface area contributed by atoms with Gasteiger partial charge in [0.2, 0.25) is 0 Å². The Morgan fingerprint density at radius 2 is 2.17 bits per heavy atom. The number of hydrogen-bond donors (Lipinski definition) is 2. The third-order valence-electron chi connectivity index (χ3n) is 3.04. The van der Waals surface area contributed by atoms with Crippen LogP contribution in [0.2, 0.25) is 0 Å². The Hall–Kier alpha value is -3.53. The molecule has 2 rings (SSSR count). The van der Waals surface area contributed by atoms with Crippen LogP contribution in [0.3, 0.4) is 0 Å². The fourth-order valence-corrected chi connectivity index (χ4v) is 1.83. The summed E-state index contributed by atoms with van der Waals surface area (Å²) in [5, 5.41) is 14.5. The Morgan fingerprint density at radius 3 is 2.83 bits per heavy atom. The normalized spacial score (nSPS) is 10.6. The first-order chi connectivity index (χ1) is 11.6. The van der Waals surface area contributed by atoms with Gasteiger partial charge in [-0.15, -0.1) is 0 Å².